The molecule has 0 unspecified atom stereocenters. The molecule has 0 atom stereocenters. The summed E-state index contributed by atoms with van der Waals surface area (Å²) in [6.07, 6.45) is 6.60. The Morgan fingerprint density at radius 2 is 2.00 bits per heavy atom. The van der Waals surface area contributed by atoms with Crippen LogP contribution < -0.4 is 5.32 Å². The zero-order valence-electron chi connectivity index (χ0n) is 9.82. The van der Waals surface area contributed by atoms with Crippen molar-refractivity contribution in [2.75, 3.05) is 19.7 Å². The Kier molecular flexibility index (Phi) is 4.18. The molecule has 2 aliphatic rings. The molecule has 0 spiro atoms. The lowest BCUT2D eigenvalue weighted by Gasteiger charge is -2.21. The Hall–Kier alpha value is -0.610. The molecule has 92 valence electrons. The fourth-order valence-electron chi connectivity index (χ4n) is 1.94. The summed E-state index contributed by atoms with van der Waals surface area (Å²) >= 11 is 0. The number of nitrogens with one attached hydrogen (secondary N) is 1. The van der Waals surface area contributed by atoms with Crippen LogP contribution in [-0.4, -0.2) is 47.7 Å². The van der Waals surface area contributed by atoms with Gasteiger partial charge in [-0.15, -0.1) is 0 Å². The number of carbonyl (C=O) groups excluding carboxylic acids is 1. The van der Waals surface area contributed by atoms with E-state index in [4.69, 9.17) is 5.11 Å². The monoisotopic (exact) mass is 226 g/mol. The normalized spacial score (nSPS) is 20.1. The number of unbranched alkanes of at least 4 members (excludes halogenated alkanes) is 1. The molecule has 2 aliphatic carbocycles. The van der Waals surface area contributed by atoms with Gasteiger partial charge in [0.15, 0.2) is 0 Å². The summed E-state index contributed by atoms with van der Waals surface area (Å²) in [6.45, 7) is 1.75. The molecule has 0 aromatic rings. The molecule has 2 N–H and O–H groups in total. The Balaban J connectivity index is 1.66. The van der Waals surface area contributed by atoms with Crippen molar-refractivity contribution in [2.24, 2.45) is 0 Å². The van der Waals surface area contributed by atoms with Crippen molar-refractivity contribution in [1.82, 2.24) is 10.2 Å². The molecule has 0 heterocycles. The molecule has 2 saturated carbocycles. The largest absolute Gasteiger partial charge is 0.396 e. The third-order valence-corrected chi connectivity index (χ3v) is 3.21. The highest BCUT2D eigenvalue weighted by molar-refractivity contribution is 5.78. The van der Waals surface area contributed by atoms with Crippen molar-refractivity contribution in [3.63, 3.8) is 0 Å². The van der Waals surface area contributed by atoms with Gasteiger partial charge in [0.2, 0.25) is 5.91 Å². The first-order valence-corrected chi connectivity index (χ1v) is 6.44. The van der Waals surface area contributed by atoms with Gasteiger partial charge >= 0.3 is 0 Å². The molecule has 0 aromatic heterocycles. The minimum Gasteiger partial charge on any atom is -0.396 e. The van der Waals surface area contributed by atoms with Crippen LogP contribution in [0.2, 0.25) is 0 Å². The average molecular weight is 226 g/mol. The molecule has 16 heavy (non-hydrogen) atoms. The molecular weight excluding hydrogens is 204 g/mol. The Morgan fingerprint density at radius 3 is 2.56 bits per heavy atom. The van der Waals surface area contributed by atoms with Gasteiger partial charge in [-0.25, -0.2) is 0 Å². The highest BCUT2D eigenvalue weighted by Crippen LogP contribution is 2.27. The Labute approximate surface area is 97.0 Å². The van der Waals surface area contributed by atoms with Crippen LogP contribution in [0.25, 0.3) is 0 Å². The highest BCUT2D eigenvalue weighted by atomic mass is 16.2. The lowest BCUT2D eigenvalue weighted by Crippen LogP contribution is -2.39. The van der Waals surface area contributed by atoms with Crippen LogP contribution in [0, 0.1) is 0 Å². The van der Waals surface area contributed by atoms with E-state index in [2.05, 4.69) is 10.2 Å². The fourth-order valence-corrected chi connectivity index (χ4v) is 1.94. The van der Waals surface area contributed by atoms with E-state index >= 15 is 0 Å². The lowest BCUT2D eigenvalue weighted by molar-refractivity contribution is -0.122. The lowest BCUT2D eigenvalue weighted by atomic mass is 10.3. The van der Waals surface area contributed by atoms with E-state index in [9.17, 15) is 4.79 Å². The number of rotatable bonds is 8. The number of nitrogens with zero attached hydrogens (tertiary/aromatic N) is 1. The summed E-state index contributed by atoms with van der Waals surface area (Å²) in [4.78, 5) is 13.9. The maximum atomic E-state index is 11.7. The molecule has 4 heteroatoms. The first-order valence-electron chi connectivity index (χ1n) is 6.44. The number of carbonyl (C=O) groups is 1. The maximum Gasteiger partial charge on any atom is 0.234 e. The molecule has 1 amide bonds. The topological polar surface area (TPSA) is 52.6 Å². The van der Waals surface area contributed by atoms with Gasteiger partial charge < -0.3 is 10.4 Å². The predicted octanol–water partition coefficient (Wildman–Crippen LogP) is 0.502. The number of aliphatic hydroxyl groups is 1. The predicted molar refractivity (Wildman–Crippen MR) is 62.1 cm³/mol. The smallest absolute Gasteiger partial charge is 0.234 e. The minimum atomic E-state index is 0.179. The van der Waals surface area contributed by atoms with E-state index in [0.29, 0.717) is 18.6 Å². The summed E-state index contributed by atoms with van der Waals surface area (Å²) < 4.78 is 0. The van der Waals surface area contributed by atoms with Crippen LogP contribution in [0.15, 0.2) is 0 Å². The molecule has 4 nitrogen and oxygen atoms in total. The van der Waals surface area contributed by atoms with Crippen molar-refractivity contribution < 1.29 is 9.90 Å². The number of aliphatic hydroxyl groups excluding tert-OH is 1. The van der Waals surface area contributed by atoms with Crippen LogP contribution in [0.4, 0.5) is 0 Å². The molecule has 0 saturated heterocycles. The van der Waals surface area contributed by atoms with Gasteiger partial charge in [0.05, 0.1) is 6.54 Å². The van der Waals surface area contributed by atoms with E-state index in [-0.39, 0.29) is 12.5 Å². The first kappa shape index (κ1) is 11.9. The zero-order valence-corrected chi connectivity index (χ0v) is 9.82. The average Bonchev–Trinajstić information content (AvgIpc) is 3.10. The van der Waals surface area contributed by atoms with E-state index < -0.39 is 0 Å². The minimum absolute atomic E-state index is 0.179. The van der Waals surface area contributed by atoms with Crippen LogP contribution in [-0.2, 0) is 4.79 Å². The van der Waals surface area contributed by atoms with E-state index in [1.807, 2.05) is 0 Å². The summed E-state index contributed by atoms with van der Waals surface area (Å²) in [7, 11) is 0. The van der Waals surface area contributed by atoms with Gasteiger partial charge in [-0.1, -0.05) is 0 Å². The van der Waals surface area contributed by atoms with E-state index in [1.165, 1.54) is 12.8 Å². The van der Waals surface area contributed by atoms with Gasteiger partial charge in [-0.05, 0) is 45.1 Å². The summed E-state index contributed by atoms with van der Waals surface area (Å²) in [6, 6.07) is 1.09. The van der Waals surface area contributed by atoms with Crippen LogP contribution >= 0.6 is 0 Å². The second kappa shape index (κ2) is 5.64. The van der Waals surface area contributed by atoms with Crippen molar-refractivity contribution >= 4 is 5.91 Å². The van der Waals surface area contributed by atoms with Gasteiger partial charge in [0, 0.05) is 18.7 Å². The summed E-state index contributed by atoms with van der Waals surface area (Å²) in [5.41, 5.74) is 0. The Morgan fingerprint density at radius 1 is 1.25 bits per heavy atom. The fraction of sp³-hybridized carbons (Fsp3) is 0.917. The molecule has 2 rings (SSSR count). The highest BCUT2D eigenvalue weighted by Gasteiger charge is 2.31. The van der Waals surface area contributed by atoms with Crippen LogP contribution in [0.5, 0.6) is 0 Å². The molecule has 2 fully saturated rings. The van der Waals surface area contributed by atoms with Crippen LogP contribution in [0.3, 0.4) is 0 Å². The van der Waals surface area contributed by atoms with Gasteiger partial charge in [-0.3, -0.25) is 9.69 Å². The number of hydrogen-bond acceptors (Lipinski definition) is 3. The maximum absolute atomic E-state index is 11.7. The van der Waals surface area contributed by atoms with Crippen molar-refractivity contribution in [1.29, 1.82) is 0 Å². The quantitative estimate of drug-likeness (QED) is 0.593. The van der Waals surface area contributed by atoms with Crippen molar-refractivity contribution in [3.8, 4) is 0 Å². The molecule has 0 bridgehead atoms. The van der Waals surface area contributed by atoms with Crippen molar-refractivity contribution in [2.45, 2.75) is 50.6 Å². The second-order valence-electron chi connectivity index (χ2n) is 4.97. The third-order valence-electron chi connectivity index (χ3n) is 3.21. The van der Waals surface area contributed by atoms with Gasteiger partial charge in [0.25, 0.3) is 0 Å². The Bertz CT molecular complexity index is 237. The third kappa shape index (κ3) is 4.10. The van der Waals surface area contributed by atoms with Gasteiger partial charge in [0.1, 0.15) is 0 Å². The van der Waals surface area contributed by atoms with Gasteiger partial charge in [-0.2, -0.15) is 0 Å². The van der Waals surface area contributed by atoms with E-state index in [1.54, 1.807) is 0 Å². The first-order chi connectivity index (χ1) is 7.79. The molecule has 0 radical (unpaired) electrons. The zero-order chi connectivity index (χ0) is 11.4. The summed E-state index contributed by atoms with van der Waals surface area (Å²) in [5, 5.41) is 11.8. The molecule has 0 aromatic carbocycles. The molecule has 0 aliphatic heterocycles. The second-order valence-corrected chi connectivity index (χ2v) is 4.97. The SMILES string of the molecule is O=C(CN(CCCCO)C1CC1)NC1CC1. The van der Waals surface area contributed by atoms with Crippen LogP contribution in [0.1, 0.15) is 38.5 Å². The molecular formula is C12H22N2O2. The number of hydrogen-bond donors (Lipinski definition) is 2. The number of amides is 1. The van der Waals surface area contributed by atoms with E-state index in [0.717, 1.165) is 32.2 Å². The van der Waals surface area contributed by atoms with Crippen molar-refractivity contribution in [3.05, 3.63) is 0 Å². The summed E-state index contributed by atoms with van der Waals surface area (Å²) in [5.74, 6) is 0.179. The standard InChI is InChI=1S/C12H22N2O2/c15-8-2-1-7-14(11-5-6-11)9-12(16)13-10-3-4-10/h10-11,15H,1-9H2,(H,13,16).